The van der Waals surface area contributed by atoms with E-state index in [1.165, 1.54) is 25.7 Å². The van der Waals surface area contributed by atoms with Crippen LogP contribution in [0.5, 0.6) is 0 Å². The maximum Gasteiger partial charge on any atom is 0.155 e. The highest BCUT2D eigenvalue weighted by molar-refractivity contribution is 7.79. The number of hydrogen-bond acceptors (Lipinski definition) is 2. The standard InChI is InChI=1S/C8H16O3S/c9-12(10)6-5-11-7-8-3-1-2-4-8/h8H,1-7H2,(H,9,10). The lowest BCUT2D eigenvalue weighted by molar-refractivity contribution is 0.113. The van der Waals surface area contributed by atoms with E-state index >= 15 is 0 Å². The van der Waals surface area contributed by atoms with Crippen molar-refractivity contribution in [1.82, 2.24) is 0 Å². The Labute approximate surface area is 75.8 Å². The zero-order valence-electron chi connectivity index (χ0n) is 7.20. The zero-order chi connectivity index (χ0) is 8.81. The van der Waals surface area contributed by atoms with Gasteiger partial charge in [-0.2, -0.15) is 0 Å². The minimum absolute atomic E-state index is 0.243. The smallest absolute Gasteiger partial charge is 0.155 e. The summed E-state index contributed by atoms with van der Waals surface area (Å²) in [7, 11) is 0. The summed E-state index contributed by atoms with van der Waals surface area (Å²) in [5.41, 5.74) is 0. The molecule has 1 N–H and O–H groups in total. The molecule has 12 heavy (non-hydrogen) atoms. The zero-order valence-corrected chi connectivity index (χ0v) is 8.02. The highest BCUT2D eigenvalue weighted by atomic mass is 32.2. The Bertz CT molecular complexity index is 143. The van der Waals surface area contributed by atoms with Crippen LogP contribution in [-0.2, 0) is 15.8 Å². The van der Waals surface area contributed by atoms with Gasteiger partial charge < -0.3 is 9.29 Å². The molecule has 1 atom stereocenters. The molecule has 0 heterocycles. The van der Waals surface area contributed by atoms with E-state index in [0.29, 0.717) is 12.5 Å². The van der Waals surface area contributed by atoms with E-state index in [9.17, 15) is 4.21 Å². The molecule has 1 unspecified atom stereocenters. The normalized spacial score (nSPS) is 21.4. The van der Waals surface area contributed by atoms with E-state index in [4.69, 9.17) is 9.29 Å². The van der Waals surface area contributed by atoms with E-state index in [0.717, 1.165) is 6.61 Å². The van der Waals surface area contributed by atoms with Crippen molar-refractivity contribution >= 4 is 11.1 Å². The topological polar surface area (TPSA) is 46.5 Å². The predicted molar refractivity (Wildman–Crippen MR) is 48.4 cm³/mol. The van der Waals surface area contributed by atoms with Crippen LogP contribution in [-0.4, -0.2) is 27.7 Å². The van der Waals surface area contributed by atoms with Crippen molar-refractivity contribution in [3.05, 3.63) is 0 Å². The Hall–Kier alpha value is 0.0700. The second kappa shape index (κ2) is 5.67. The van der Waals surface area contributed by atoms with Gasteiger partial charge in [-0.15, -0.1) is 0 Å². The second-order valence-electron chi connectivity index (χ2n) is 3.25. The Kier molecular flexibility index (Phi) is 4.80. The van der Waals surface area contributed by atoms with E-state index in [2.05, 4.69) is 0 Å². The second-order valence-corrected chi connectivity index (χ2v) is 4.30. The molecule has 0 aliphatic heterocycles. The van der Waals surface area contributed by atoms with Crippen molar-refractivity contribution in [3.8, 4) is 0 Å². The van der Waals surface area contributed by atoms with Crippen molar-refractivity contribution in [2.24, 2.45) is 5.92 Å². The van der Waals surface area contributed by atoms with E-state index in [-0.39, 0.29) is 5.75 Å². The SMILES string of the molecule is O=S(O)CCOCC1CCCC1. The van der Waals surface area contributed by atoms with E-state index in [1.807, 2.05) is 0 Å². The lowest BCUT2D eigenvalue weighted by atomic mass is 10.1. The van der Waals surface area contributed by atoms with Crippen LogP contribution in [0.15, 0.2) is 0 Å². The quantitative estimate of drug-likeness (QED) is 0.529. The molecule has 1 rings (SSSR count). The third-order valence-corrected chi connectivity index (χ3v) is 2.75. The molecule has 4 heteroatoms. The molecule has 0 aromatic carbocycles. The van der Waals surface area contributed by atoms with Gasteiger partial charge in [-0.25, -0.2) is 4.21 Å². The summed E-state index contributed by atoms with van der Waals surface area (Å²) < 4.78 is 23.9. The first kappa shape index (κ1) is 10.2. The molecule has 0 amide bonds. The van der Waals surface area contributed by atoms with Crippen LogP contribution < -0.4 is 0 Å². The molecule has 0 bridgehead atoms. The fourth-order valence-corrected chi connectivity index (χ4v) is 1.82. The van der Waals surface area contributed by atoms with Gasteiger partial charge in [-0.3, -0.25) is 0 Å². The fourth-order valence-electron chi connectivity index (χ4n) is 1.56. The summed E-state index contributed by atoms with van der Waals surface area (Å²) in [5, 5.41) is 0. The van der Waals surface area contributed by atoms with Crippen LogP contribution in [0, 0.1) is 5.92 Å². The van der Waals surface area contributed by atoms with E-state index < -0.39 is 11.1 Å². The summed E-state index contributed by atoms with van der Waals surface area (Å²) >= 11 is -1.69. The molecular weight excluding hydrogens is 176 g/mol. The van der Waals surface area contributed by atoms with Gasteiger partial charge in [-0.05, 0) is 18.8 Å². The van der Waals surface area contributed by atoms with Gasteiger partial charge in [-0.1, -0.05) is 12.8 Å². The molecule has 1 saturated carbocycles. The van der Waals surface area contributed by atoms with Gasteiger partial charge >= 0.3 is 0 Å². The predicted octanol–water partition coefficient (Wildman–Crippen LogP) is 1.41. The molecule has 0 aromatic rings. The monoisotopic (exact) mass is 192 g/mol. The van der Waals surface area contributed by atoms with Gasteiger partial charge in [0.05, 0.1) is 12.4 Å². The average molecular weight is 192 g/mol. The van der Waals surface area contributed by atoms with Crippen molar-refractivity contribution < 1.29 is 13.5 Å². The van der Waals surface area contributed by atoms with Crippen LogP contribution >= 0.6 is 0 Å². The van der Waals surface area contributed by atoms with Crippen LogP contribution in [0.1, 0.15) is 25.7 Å². The summed E-state index contributed by atoms with van der Waals surface area (Å²) in [6.45, 7) is 1.19. The molecule has 1 aliphatic rings. The Morgan fingerprint density at radius 1 is 1.42 bits per heavy atom. The highest BCUT2D eigenvalue weighted by Gasteiger charge is 2.14. The minimum Gasteiger partial charge on any atom is -0.380 e. The molecule has 0 radical (unpaired) electrons. The first-order valence-electron chi connectivity index (χ1n) is 4.44. The maximum atomic E-state index is 10.2. The Morgan fingerprint density at radius 2 is 2.08 bits per heavy atom. The van der Waals surface area contributed by atoms with Gasteiger partial charge in [0.25, 0.3) is 0 Å². The average Bonchev–Trinajstić information content (AvgIpc) is 2.49. The third kappa shape index (κ3) is 4.18. The Balaban J connectivity index is 1.91. The lowest BCUT2D eigenvalue weighted by Crippen LogP contribution is -2.10. The molecule has 0 aromatic heterocycles. The largest absolute Gasteiger partial charge is 0.380 e. The van der Waals surface area contributed by atoms with Crippen molar-refractivity contribution in [2.75, 3.05) is 19.0 Å². The van der Waals surface area contributed by atoms with Crippen molar-refractivity contribution in [2.45, 2.75) is 25.7 Å². The number of ether oxygens (including phenoxy) is 1. The van der Waals surface area contributed by atoms with Crippen LogP contribution in [0.25, 0.3) is 0 Å². The van der Waals surface area contributed by atoms with Crippen molar-refractivity contribution in [1.29, 1.82) is 0 Å². The first-order chi connectivity index (χ1) is 5.79. The van der Waals surface area contributed by atoms with Crippen LogP contribution in [0.3, 0.4) is 0 Å². The summed E-state index contributed by atoms with van der Waals surface area (Å²) in [6, 6.07) is 0. The third-order valence-electron chi connectivity index (χ3n) is 2.23. The molecular formula is C8H16O3S. The van der Waals surface area contributed by atoms with E-state index in [1.54, 1.807) is 0 Å². The minimum atomic E-state index is -1.69. The fraction of sp³-hybridized carbons (Fsp3) is 1.00. The first-order valence-corrected chi connectivity index (χ1v) is 5.72. The highest BCUT2D eigenvalue weighted by Crippen LogP contribution is 2.24. The Morgan fingerprint density at radius 3 is 2.67 bits per heavy atom. The van der Waals surface area contributed by atoms with Gasteiger partial charge in [0.1, 0.15) is 0 Å². The summed E-state index contributed by atoms with van der Waals surface area (Å²) in [6.07, 6.45) is 5.17. The molecule has 0 spiro atoms. The summed E-state index contributed by atoms with van der Waals surface area (Å²) in [4.78, 5) is 0. The number of hydrogen-bond donors (Lipinski definition) is 1. The van der Waals surface area contributed by atoms with Crippen molar-refractivity contribution in [3.63, 3.8) is 0 Å². The molecule has 1 fully saturated rings. The molecule has 0 saturated heterocycles. The van der Waals surface area contributed by atoms with Gasteiger partial charge in [0.15, 0.2) is 11.1 Å². The lowest BCUT2D eigenvalue weighted by Gasteiger charge is -2.08. The molecule has 3 nitrogen and oxygen atoms in total. The summed E-state index contributed by atoms with van der Waals surface area (Å²) in [5.74, 6) is 0.948. The van der Waals surface area contributed by atoms with Crippen LogP contribution in [0.4, 0.5) is 0 Å². The van der Waals surface area contributed by atoms with Gasteiger partial charge in [0, 0.05) is 6.61 Å². The number of rotatable bonds is 5. The van der Waals surface area contributed by atoms with Gasteiger partial charge in [0.2, 0.25) is 0 Å². The van der Waals surface area contributed by atoms with Crippen LogP contribution in [0.2, 0.25) is 0 Å². The maximum absolute atomic E-state index is 10.2. The molecule has 1 aliphatic carbocycles. The molecule has 72 valence electrons.